The molecule has 1 aliphatic heterocycles. The maximum atomic E-state index is 13.6. The summed E-state index contributed by atoms with van der Waals surface area (Å²) < 4.78 is 29.7. The molecule has 3 aromatic rings. The number of thiophene rings is 1. The number of anilines is 1. The number of carbonyl (C=O) groups is 1. The molecule has 6 nitrogen and oxygen atoms in total. The lowest BCUT2D eigenvalue weighted by atomic mass is 10.0. The van der Waals surface area contributed by atoms with Gasteiger partial charge in [-0.1, -0.05) is 42.5 Å². The molecule has 1 aromatic heterocycles. The largest absolute Gasteiger partial charge is 0.368 e. The molecule has 2 heterocycles. The Balaban J connectivity index is 1.51. The first-order valence-electron chi connectivity index (χ1n) is 11.2. The Morgan fingerprint density at radius 3 is 2.35 bits per heavy atom. The fourth-order valence-corrected chi connectivity index (χ4v) is 7.40. The number of amides is 1. The van der Waals surface area contributed by atoms with Gasteiger partial charge in [0.15, 0.2) is 0 Å². The fourth-order valence-electron chi connectivity index (χ4n) is 4.18. The monoisotopic (exact) mass is 561 g/mol. The van der Waals surface area contributed by atoms with E-state index in [1.807, 2.05) is 30.3 Å². The van der Waals surface area contributed by atoms with Gasteiger partial charge in [-0.25, -0.2) is 8.42 Å². The van der Waals surface area contributed by atoms with E-state index in [0.717, 1.165) is 20.7 Å². The number of nitrogens with one attached hydrogen (secondary N) is 1. The van der Waals surface area contributed by atoms with Crippen LogP contribution in [0.3, 0.4) is 0 Å². The van der Waals surface area contributed by atoms with E-state index in [4.69, 9.17) is 0 Å². The zero-order chi connectivity index (χ0) is 24.3. The summed E-state index contributed by atoms with van der Waals surface area (Å²) in [5, 5.41) is 0. The zero-order valence-corrected chi connectivity index (χ0v) is 22.4. The molecule has 1 unspecified atom stereocenters. The van der Waals surface area contributed by atoms with Crippen molar-refractivity contribution in [2.75, 3.05) is 31.1 Å². The standard InChI is InChI=1S/C25H28BrN3O3S2/c1-18-7-6-10-22(19(18)2)28-13-15-29(16-14-28)25(30)21(17-20-8-4-3-5-9-20)27-34(31,32)24-12-11-23(26)33-24/h3-12,21,27H,13-17H2,1-2H3. The molecule has 0 radical (unpaired) electrons. The highest BCUT2D eigenvalue weighted by Crippen LogP contribution is 2.27. The van der Waals surface area contributed by atoms with E-state index >= 15 is 0 Å². The number of carbonyl (C=O) groups excluding carboxylic acids is 1. The van der Waals surface area contributed by atoms with Crippen LogP contribution in [-0.4, -0.2) is 51.4 Å². The second-order valence-corrected chi connectivity index (χ2v) is 12.9. The Bertz CT molecular complexity index is 1250. The molecule has 180 valence electrons. The fraction of sp³-hybridized carbons (Fsp3) is 0.320. The molecular formula is C25H28BrN3O3S2. The van der Waals surface area contributed by atoms with E-state index in [9.17, 15) is 13.2 Å². The van der Waals surface area contributed by atoms with Crippen molar-refractivity contribution in [2.24, 2.45) is 0 Å². The number of piperazine rings is 1. The van der Waals surface area contributed by atoms with Crippen LogP contribution in [0.5, 0.6) is 0 Å². The molecule has 0 bridgehead atoms. The minimum absolute atomic E-state index is 0.185. The van der Waals surface area contributed by atoms with Crippen LogP contribution in [0.2, 0.25) is 0 Å². The molecule has 2 aromatic carbocycles. The third-order valence-corrected chi connectivity index (χ3v) is 9.79. The van der Waals surface area contributed by atoms with Crippen molar-refractivity contribution >= 4 is 48.9 Å². The topological polar surface area (TPSA) is 69.7 Å². The van der Waals surface area contributed by atoms with Crippen LogP contribution in [0.1, 0.15) is 16.7 Å². The number of halogens is 1. The molecule has 1 saturated heterocycles. The summed E-state index contributed by atoms with van der Waals surface area (Å²) in [4.78, 5) is 17.6. The van der Waals surface area contributed by atoms with Gasteiger partial charge in [0, 0.05) is 31.9 Å². The quantitative estimate of drug-likeness (QED) is 0.465. The summed E-state index contributed by atoms with van der Waals surface area (Å²) >= 11 is 4.44. The van der Waals surface area contributed by atoms with Crippen LogP contribution in [0, 0.1) is 13.8 Å². The van der Waals surface area contributed by atoms with Gasteiger partial charge in [-0.05, 0) is 71.1 Å². The average molecular weight is 563 g/mol. The van der Waals surface area contributed by atoms with E-state index in [2.05, 4.69) is 57.6 Å². The molecule has 0 saturated carbocycles. The van der Waals surface area contributed by atoms with Gasteiger partial charge >= 0.3 is 0 Å². The molecule has 9 heteroatoms. The second kappa shape index (κ2) is 10.6. The highest BCUT2D eigenvalue weighted by Gasteiger charge is 2.32. The number of hydrogen-bond donors (Lipinski definition) is 1. The molecule has 1 N–H and O–H groups in total. The predicted molar refractivity (Wildman–Crippen MR) is 141 cm³/mol. The van der Waals surface area contributed by atoms with Crippen molar-refractivity contribution in [1.29, 1.82) is 0 Å². The molecule has 1 amide bonds. The first kappa shape index (κ1) is 24.9. The van der Waals surface area contributed by atoms with Crippen LogP contribution in [-0.2, 0) is 21.2 Å². The normalized spacial score (nSPS) is 15.4. The van der Waals surface area contributed by atoms with Crippen molar-refractivity contribution in [2.45, 2.75) is 30.5 Å². The molecular weight excluding hydrogens is 534 g/mol. The Hall–Kier alpha value is -2.20. The second-order valence-electron chi connectivity index (χ2n) is 8.45. The zero-order valence-electron chi connectivity index (χ0n) is 19.2. The van der Waals surface area contributed by atoms with Gasteiger partial charge in [0.25, 0.3) is 10.0 Å². The first-order valence-corrected chi connectivity index (χ1v) is 14.3. The Kier molecular flexibility index (Phi) is 7.77. The summed E-state index contributed by atoms with van der Waals surface area (Å²) in [7, 11) is -3.83. The van der Waals surface area contributed by atoms with Gasteiger partial charge in [0.2, 0.25) is 5.91 Å². The van der Waals surface area contributed by atoms with Crippen molar-refractivity contribution in [3.05, 3.63) is 81.1 Å². The number of aryl methyl sites for hydroxylation is 1. The van der Waals surface area contributed by atoms with E-state index in [1.54, 1.807) is 17.0 Å². The van der Waals surface area contributed by atoms with Gasteiger partial charge in [-0.3, -0.25) is 4.79 Å². The van der Waals surface area contributed by atoms with Crippen LogP contribution in [0.4, 0.5) is 5.69 Å². The van der Waals surface area contributed by atoms with Gasteiger partial charge in [0.1, 0.15) is 10.3 Å². The first-order chi connectivity index (χ1) is 16.2. The lowest BCUT2D eigenvalue weighted by Gasteiger charge is -2.38. The third kappa shape index (κ3) is 5.71. The highest BCUT2D eigenvalue weighted by molar-refractivity contribution is 9.11. The minimum atomic E-state index is -3.83. The van der Waals surface area contributed by atoms with Crippen molar-refractivity contribution < 1.29 is 13.2 Å². The van der Waals surface area contributed by atoms with Crippen LogP contribution >= 0.6 is 27.3 Å². The number of hydrogen-bond acceptors (Lipinski definition) is 5. The van der Waals surface area contributed by atoms with E-state index < -0.39 is 16.1 Å². The van der Waals surface area contributed by atoms with E-state index in [1.165, 1.54) is 16.8 Å². The van der Waals surface area contributed by atoms with Crippen molar-refractivity contribution in [3.63, 3.8) is 0 Å². The Labute approximate surface area is 213 Å². The van der Waals surface area contributed by atoms with Gasteiger partial charge in [-0.15, -0.1) is 11.3 Å². The Morgan fingerprint density at radius 2 is 1.71 bits per heavy atom. The molecule has 1 fully saturated rings. The van der Waals surface area contributed by atoms with Crippen molar-refractivity contribution in [1.82, 2.24) is 9.62 Å². The molecule has 34 heavy (non-hydrogen) atoms. The number of sulfonamides is 1. The maximum absolute atomic E-state index is 13.6. The van der Waals surface area contributed by atoms with E-state index in [0.29, 0.717) is 32.6 Å². The number of nitrogens with zero attached hydrogens (tertiary/aromatic N) is 2. The highest BCUT2D eigenvalue weighted by atomic mass is 79.9. The summed E-state index contributed by atoms with van der Waals surface area (Å²) in [5.41, 5.74) is 4.59. The summed E-state index contributed by atoms with van der Waals surface area (Å²) in [6, 6.07) is 18.2. The SMILES string of the molecule is Cc1cccc(N2CCN(C(=O)C(Cc3ccccc3)NS(=O)(=O)c3ccc(Br)s3)CC2)c1C. The van der Waals surface area contributed by atoms with E-state index in [-0.39, 0.29) is 10.1 Å². The third-order valence-electron chi connectivity index (χ3n) is 6.20. The van der Waals surface area contributed by atoms with Gasteiger partial charge in [0.05, 0.1) is 3.79 Å². The number of benzene rings is 2. The van der Waals surface area contributed by atoms with Crippen LogP contribution < -0.4 is 9.62 Å². The minimum Gasteiger partial charge on any atom is -0.368 e. The van der Waals surface area contributed by atoms with Gasteiger partial charge in [-0.2, -0.15) is 4.72 Å². The lowest BCUT2D eigenvalue weighted by molar-refractivity contribution is -0.133. The molecule has 0 aliphatic carbocycles. The van der Waals surface area contributed by atoms with Crippen LogP contribution in [0.15, 0.2) is 68.7 Å². The maximum Gasteiger partial charge on any atom is 0.250 e. The smallest absolute Gasteiger partial charge is 0.250 e. The predicted octanol–water partition coefficient (Wildman–Crippen LogP) is 4.37. The van der Waals surface area contributed by atoms with Crippen molar-refractivity contribution in [3.8, 4) is 0 Å². The molecule has 0 spiro atoms. The molecule has 1 aliphatic rings. The summed E-state index contributed by atoms with van der Waals surface area (Å²) in [5.74, 6) is -0.191. The summed E-state index contributed by atoms with van der Waals surface area (Å²) in [6.07, 6.45) is 0.294. The van der Waals surface area contributed by atoms with Gasteiger partial charge < -0.3 is 9.80 Å². The molecule has 1 atom stereocenters. The Morgan fingerprint density at radius 1 is 1.00 bits per heavy atom. The summed E-state index contributed by atoms with van der Waals surface area (Å²) in [6.45, 7) is 6.73. The lowest BCUT2D eigenvalue weighted by Crippen LogP contribution is -2.55. The average Bonchev–Trinajstić information content (AvgIpc) is 3.28. The van der Waals surface area contributed by atoms with Crippen LogP contribution in [0.25, 0.3) is 0 Å². The number of rotatable bonds is 7. The molecule has 4 rings (SSSR count).